The van der Waals surface area contributed by atoms with Crippen LogP contribution in [0.3, 0.4) is 0 Å². The maximum atomic E-state index is 12.7. The minimum atomic E-state index is -5.14. The Hall–Kier alpha value is -2.71. The molecule has 0 radical (unpaired) electrons. The number of aromatic nitrogens is 1. The molecule has 0 amide bonds. The molecule has 132 valence electrons. The quantitative estimate of drug-likeness (QED) is 0.459. The first-order chi connectivity index (χ1) is 11.5. The van der Waals surface area contributed by atoms with Crippen molar-refractivity contribution < 1.29 is 35.9 Å². The molecule has 0 bridgehead atoms. The molecule has 0 aliphatic carbocycles. The van der Waals surface area contributed by atoms with Crippen LogP contribution < -0.4 is 0 Å². The van der Waals surface area contributed by atoms with Crippen LogP contribution in [0, 0.1) is 0 Å². The second kappa shape index (κ2) is 6.66. The number of nitrogens with zero attached hydrogens (tertiary/aromatic N) is 1. The van der Waals surface area contributed by atoms with Gasteiger partial charge < -0.3 is 0 Å². The van der Waals surface area contributed by atoms with E-state index in [4.69, 9.17) is 0 Å². The highest BCUT2D eigenvalue weighted by Crippen LogP contribution is 2.31. The molecule has 25 heavy (non-hydrogen) atoms. The fourth-order valence-corrected chi connectivity index (χ4v) is 1.94. The lowest BCUT2D eigenvalue weighted by Crippen LogP contribution is -2.25. The van der Waals surface area contributed by atoms with E-state index in [0.717, 1.165) is 24.3 Å². The molecule has 0 unspecified atom stereocenters. The van der Waals surface area contributed by atoms with E-state index in [9.17, 15) is 35.9 Å². The van der Waals surface area contributed by atoms with Crippen molar-refractivity contribution in [3.63, 3.8) is 0 Å². The molecule has 0 aliphatic heterocycles. The first kappa shape index (κ1) is 18.6. The topological polar surface area (TPSA) is 47.0 Å². The number of pyridine rings is 1. The Bertz CT molecular complexity index is 811. The summed E-state index contributed by atoms with van der Waals surface area (Å²) in [5.74, 6) is -3.39. The third kappa shape index (κ3) is 4.65. The highest BCUT2D eigenvalue weighted by Gasteiger charge is 2.39. The average Bonchev–Trinajstić information content (AvgIpc) is 2.53. The second-order valence-electron chi connectivity index (χ2n) is 5.01. The molecule has 3 nitrogen and oxygen atoms in total. The maximum absolute atomic E-state index is 12.7. The van der Waals surface area contributed by atoms with Gasteiger partial charge in [0.15, 0.2) is 5.78 Å². The van der Waals surface area contributed by atoms with Gasteiger partial charge in [-0.05, 0) is 24.3 Å². The molecular weight excluding hydrogens is 352 g/mol. The Labute approximate surface area is 137 Å². The third-order valence-corrected chi connectivity index (χ3v) is 3.16. The van der Waals surface area contributed by atoms with E-state index < -0.39 is 41.6 Å². The summed E-state index contributed by atoms with van der Waals surface area (Å²) in [6.07, 6.45) is -11.1. The lowest BCUT2D eigenvalue weighted by Gasteiger charge is -2.09. The van der Waals surface area contributed by atoms with Crippen LogP contribution in [-0.4, -0.2) is 22.7 Å². The fourth-order valence-electron chi connectivity index (χ4n) is 1.94. The standard InChI is InChI=1S/C16H9F6NO2/c17-15(18,19)10-4-1-3-9(7-10)11-5-2-6-12(23-11)13(24)8-14(25)16(20,21)22/h1-7H,8H2. The monoisotopic (exact) mass is 361 g/mol. The largest absolute Gasteiger partial charge is 0.450 e. The van der Waals surface area contributed by atoms with Gasteiger partial charge in [-0.2, -0.15) is 26.3 Å². The van der Waals surface area contributed by atoms with E-state index in [2.05, 4.69) is 4.98 Å². The van der Waals surface area contributed by atoms with Crippen LogP contribution in [0.1, 0.15) is 22.5 Å². The van der Waals surface area contributed by atoms with E-state index in [1.165, 1.54) is 18.2 Å². The molecule has 0 N–H and O–H groups in total. The lowest BCUT2D eigenvalue weighted by molar-refractivity contribution is -0.170. The normalized spacial score (nSPS) is 12.1. The molecule has 0 saturated carbocycles. The molecule has 0 aliphatic rings. The van der Waals surface area contributed by atoms with Crippen molar-refractivity contribution in [1.82, 2.24) is 4.98 Å². The molecular formula is C16H9F6NO2. The van der Waals surface area contributed by atoms with E-state index in [1.807, 2.05) is 0 Å². The van der Waals surface area contributed by atoms with Crippen LogP contribution in [0.25, 0.3) is 11.3 Å². The lowest BCUT2D eigenvalue weighted by atomic mass is 10.1. The average molecular weight is 361 g/mol. The Morgan fingerprint density at radius 3 is 2.16 bits per heavy atom. The van der Waals surface area contributed by atoms with E-state index in [0.29, 0.717) is 0 Å². The van der Waals surface area contributed by atoms with Crippen LogP contribution in [0.4, 0.5) is 26.3 Å². The van der Waals surface area contributed by atoms with Crippen molar-refractivity contribution >= 4 is 11.6 Å². The molecule has 9 heteroatoms. The maximum Gasteiger partial charge on any atom is 0.450 e. The van der Waals surface area contributed by atoms with Crippen molar-refractivity contribution in [2.75, 3.05) is 0 Å². The molecule has 0 spiro atoms. The molecule has 0 fully saturated rings. The summed E-state index contributed by atoms with van der Waals surface area (Å²) in [5, 5.41) is 0. The first-order valence-electron chi connectivity index (χ1n) is 6.76. The predicted molar refractivity (Wildman–Crippen MR) is 74.7 cm³/mol. The van der Waals surface area contributed by atoms with Gasteiger partial charge in [0.05, 0.1) is 17.7 Å². The summed E-state index contributed by atoms with van der Waals surface area (Å²) in [4.78, 5) is 26.4. The number of Topliss-reactive ketones (excluding diaryl/α,β-unsaturated/α-hetero) is 2. The van der Waals surface area contributed by atoms with Gasteiger partial charge in [-0.1, -0.05) is 18.2 Å². The minimum Gasteiger partial charge on any atom is -0.292 e. The van der Waals surface area contributed by atoms with E-state index in [-0.39, 0.29) is 11.3 Å². The highest BCUT2D eigenvalue weighted by atomic mass is 19.4. The van der Waals surface area contributed by atoms with Gasteiger partial charge in [-0.15, -0.1) is 0 Å². The zero-order valence-corrected chi connectivity index (χ0v) is 12.3. The summed E-state index contributed by atoms with van der Waals surface area (Å²) in [5.41, 5.74) is -1.37. The zero-order chi connectivity index (χ0) is 18.8. The first-order valence-corrected chi connectivity index (χ1v) is 6.76. The number of hydrogen-bond acceptors (Lipinski definition) is 3. The molecule has 1 aromatic carbocycles. The van der Waals surface area contributed by atoms with Gasteiger partial charge in [0.2, 0.25) is 5.78 Å². The van der Waals surface area contributed by atoms with Crippen LogP contribution in [0.5, 0.6) is 0 Å². The summed E-state index contributed by atoms with van der Waals surface area (Å²) in [6, 6.07) is 7.75. The van der Waals surface area contributed by atoms with Crippen molar-refractivity contribution in [2.45, 2.75) is 18.8 Å². The van der Waals surface area contributed by atoms with Crippen molar-refractivity contribution in [2.24, 2.45) is 0 Å². The van der Waals surface area contributed by atoms with Gasteiger partial charge in [0.25, 0.3) is 0 Å². The minimum absolute atomic E-state index is 0.0311. The number of hydrogen-bond donors (Lipinski definition) is 0. The summed E-state index contributed by atoms with van der Waals surface area (Å²) in [6.45, 7) is 0. The number of benzene rings is 1. The molecule has 2 aromatic rings. The Morgan fingerprint density at radius 1 is 0.920 bits per heavy atom. The summed E-state index contributed by atoms with van der Waals surface area (Å²) in [7, 11) is 0. The number of halogens is 6. The van der Waals surface area contributed by atoms with Gasteiger partial charge in [0.1, 0.15) is 5.69 Å². The SMILES string of the molecule is O=C(CC(=O)C(F)(F)F)c1cccc(-c2cccc(C(F)(F)F)c2)n1. The number of carbonyl (C=O) groups excluding carboxylic acids is 2. The molecule has 0 atom stereocenters. The predicted octanol–water partition coefficient (Wildman–Crippen LogP) is 4.47. The van der Waals surface area contributed by atoms with E-state index >= 15 is 0 Å². The van der Waals surface area contributed by atoms with Gasteiger partial charge >= 0.3 is 12.4 Å². The zero-order valence-electron chi connectivity index (χ0n) is 12.3. The second-order valence-corrected chi connectivity index (χ2v) is 5.01. The number of alkyl halides is 6. The van der Waals surface area contributed by atoms with Gasteiger partial charge in [0, 0.05) is 5.56 Å². The summed E-state index contributed by atoms with van der Waals surface area (Å²) >= 11 is 0. The van der Waals surface area contributed by atoms with Gasteiger partial charge in [-0.3, -0.25) is 9.59 Å². The Kier molecular flexibility index (Phi) is 4.96. The highest BCUT2D eigenvalue weighted by molar-refractivity contribution is 6.08. The number of ketones is 2. The van der Waals surface area contributed by atoms with Crippen LogP contribution >= 0.6 is 0 Å². The van der Waals surface area contributed by atoms with Gasteiger partial charge in [-0.25, -0.2) is 4.98 Å². The smallest absolute Gasteiger partial charge is 0.292 e. The molecule has 1 aromatic heterocycles. The Morgan fingerprint density at radius 2 is 1.56 bits per heavy atom. The van der Waals surface area contributed by atoms with Crippen molar-refractivity contribution in [3.8, 4) is 11.3 Å². The van der Waals surface area contributed by atoms with Crippen LogP contribution in [0.2, 0.25) is 0 Å². The van der Waals surface area contributed by atoms with E-state index in [1.54, 1.807) is 0 Å². The number of carbonyl (C=O) groups is 2. The van der Waals surface area contributed by atoms with Crippen LogP contribution in [0.15, 0.2) is 42.5 Å². The van der Waals surface area contributed by atoms with Crippen molar-refractivity contribution in [3.05, 3.63) is 53.7 Å². The molecule has 2 rings (SSSR count). The molecule has 0 saturated heterocycles. The number of rotatable bonds is 4. The summed E-state index contributed by atoms with van der Waals surface area (Å²) < 4.78 is 74.8. The van der Waals surface area contributed by atoms with Crippen LogP contribution in [-0.2, 0) is 11.0 Å². The van der Waals surface area contributed by atoms with Crippen molar-refractivity contribution in [1.29, 1.82) is 0 Å². The Balaban J connectivity index is 2.31. The fraction of sp³-hybridized carbons (Fsp3) is 0.188. The molecule has 1 heterocycles. The third-order valence-electron chi connectivity index (χ3n) is 3.16.